The second-order valence-corrected chi connectivity index (χ2v) is 6.63. The molecule has 7 heteroatoms. The second-order valence-electron chi connectivity index (χ2n) is 6.63. The third-order valence-corrected chi connectivity index (χ3v) is 4.60. The van der Waals surface area contributed by atoms with Crippen molar-refractivity contribution in [3.05, 3.63) is 59.2 Å². The number of fused-ring (bicyclic) bond motifs is 1. The second kappa shape index (κ2) is 12.5. The fourth-order valence-corrected chi connectivity index (χ4v) is 3.12. The smallest absolute Gasteiger partial charge is 0.191 e. The Morgan fingerprint density at radius 2 is 2.00 bits per heavy atom. The van der Waals surface area contributed by atoms with Crippen molar-refractivity contribution >= 4 is 29.9 Å². The van der Waals surface area contributed by atoms with Gasteiger partial charge in [-0.25, -0.2) is 0 Å². The van der Waals surface area contributed by atoms with Crippen LogP contribution in [0.1, 0.15) is 16.7 Å². The Morgan fingerprint density at radius 1 is 1.10 bits per heavy atom. The van der Waals surface area contributed by atoms with Crippen LogP contribution in [-0.2, 0) is 24.1 Å². The third kappa shape index (κ3) is 7.40. The van der Waals surface area contributed by atoms with Crippen LogP contribution in [0, 0.1) is 0 Å². The van der Waals surface area contributed by atoms with Crippen molar-refractivity contribution < 1.29 is 14.2 Å². The Hall–Kier alpha value is -2.00. The standard InChI is InChI=1S/C22H29N3O3.HI/c1-23-22(24-10-8-17-6-7-21-19(14-17)9-11-28-21)25-16-18-4-3-5-20(15-18)27-13-12-26-2;/h3-7,14-15H,8-13,16H2,1-2H3,(H2,23,24,25);1H. The first-order valence-electron chi connectivity index (χ1n) is 9.68. The lowest BCUT2D eigenvalue weighted by Gasteiger charge is -2.13. The molecule has 1 aliphatic heterocycles. The summed E-state index contributed by atoms with van der Waals surface area (Å²) in [6, 6.07) is 14.5. The molecular formula is C22H30IN3O3. The highest BCUT2D eigenvalue weighted by atomic mass is 127. The highest BCUT2D eigenvalue weighted by Gasteiger charge is 2.11. The van der Waals surface area contributed by atoms with Crippen LogP contribution in [0.4, 0.5) is 0 Å². The number of rotatable bonds is 9. The van der Waals surface area contributed by atoms with Crippen LogP contribution in [0.15, 0.2) is 47.5 Å². The highest BCUT2D eigenvalue weighted by molar-refractivity contribution is 14.0. The monoisotopic (exact) mass is 511 g/mol. The SMILES string of the molecule is CN=C(NCCc1ccc2c(c1)CCO2)NCc1cccc(OCCOC)c1.I. The van der Waals surface area contributed by atoms with E-state index < -0.39 is 0 Å². The molecular weight excluding hydrogens is 481 g/mol. The molecule has 0 atom stereocenters. The number of ether oxygens (including phenoxy) is 3. The minimum atomic E-state index is 0. The number of nitrogens with one attached hydrogen (secondary N) is 2. The molecule has 158 valence electrons. The molecule has 29 heavy (non-hydrogen) atoms. The summed E-state index contributed by atoms with van der Waals surface area (Å²) in [4.78, 5) is 4.30. The highest BCUT2D eigenvalue weighted by Crippen LogP contribution is 2.25. The summed E-state index contributed by atoms with van der Waals surface area (Å²) in [5.41, 5.74) is 3.76. The molecule has 6 nitrogen and oxygen atoms in total. The van der Waals surface area contributed by atoms with Crippen LogP contribution in [-0.4, -0.2) is 46.5 Å². The van der Waals surface area contributed by atoms with Crippen molar-refractivity contribution in [2.45, 2.75) is 19.4 Å². The summed E-state index contributed by atoms with van der Waals surface area (Å²) in [5.74, 6) is 2.66. The fraction of sp³-hybridized carbons (Fsp3) is 0.409. The van der Waals surface area contributed by atoms with Gasteiger partial charge in [0.15, 0.2) is 5.96 Å². The molecule has 0 amide bonds. The van der Waals surface area contributed by atoms with E-state index >= 15 is 0 Å². The molecule has 0 spiro atoms. The van der Waals surface area contributed by atoms with Crippen molar-refractivity contribution in [2.75, 3.05) is 40.5 Å². The fourth-order valence-electron chi connectivity index (χ4n) is 3.12. The molecule has 2 N–H and O–H groups in total. The predicted molar refractivity (Wildman–Crippen MR) is 127 cm³/mol. The molecule has 0 fully saturated rings. The average molecular weight is 511 g/mol. The zero-order chi connectivity index (χ0) is 19.6. The molecule has 0 aromatic heterocycles. The van der Waals surface area contributed by atoms with Crippen molar-refractivity contribution in [1.82, 2.24) is 10.6 Å². The van der Waals surface area contributed by atoms with E-state index in [0.29, 0.717) is 19.8 Å². The van der Waals surface area contributed by atoms with E-state index in [0.717, 1.165) is 49.0 Å². The van der Waals surface area contributed by atoms with E-state index in [2.05, 4.69) is 39.9 Å². The van der Waals surface area contributed by atoms with Crippen molar-refractivity contribution in [2.24, 2.45) is 4.99 Å². The van der Waals surface area contributed by atoms with E-state index in [1.165, 1.54) is 11.1 Å². The summed E-state index contributed by atoms with van der Waals surface area (Å²) < 4.78 is 16.2. The van der Waals surface area contributed by atoms with Crippen molar-refractivity contribution in [3.63, 3.8) is 0 Å². The van der Waals surface area contributed by atoms with Crippen molar-refractivity contribution in [3.8, 4) is 11.5 Å². The van der Waals surface area contributed by atoms with Crippen LogP contribution in [0.5, 0.6) is 11.5 Å². The first-order valence-corrected chi connectivity index (χ1v) is 9.68. The molecule has 0 bridgehead atoms. The van der Waals surface area contributed by atoms with Gasteiger partial charge in [0.25, 0.3) is 0 Å². The summed E-state index contributed by atoms with van der Waals surface area (Å²) >= 11 is 0. The van der Waals surface area contributed by atoms with Gasteiger partial charge in [0.05, 0.1) is 13.2 Å². The number of benzene rings is 2. The molecule has 0 saturated carbocycles. The molecule has 1 aliphatic rings. The quantitative estimate of drug-likeness (QED) is 0.235. The Bertz CT molecular complexity index is 799. The third-order valence-electron chi connectivity index (χ3n) is 4.60. The number of nitrogens with zero attached hydrogens (tertiary/aromatic N) is 1. The maximum atomic E-state index is 5.66. The molecule has 0 radical (unpaired) electrons. The molecule has 2 aromatic carbocycles. The zero-order valence-electron chi connectivity index (χ0n) is 17.1. The zero-order valence-corrected chi connectivity index (χ0v) is 19.4. The summed E-state index contributed by atoms with van der Waals surface area (Å²) in [7, 11) is 3.45. The van der Waals surface area contributed by atoms with Gasteiger partial charge in [-0.3, -0.25) is 4.99 Å². The first-order chi connectivity index (χ1) is 13.8. The predicted octanol–water partition coefficient (Wildman–Crippen LogP) is 3.17. The number of halogens is 1. The van der Waals surface area contributed by atoms with Crippen LogP contribution in [0.25, 0.3) is 0 Å². The molecule has 0 unspecified atom stereocenters. The van der Waals surface area contributed by atoms with Gasteiger partial charge in [0.1, 0.15) is 18.1 Å². The Balaban J connectivity index is 0.00000300. The first kappa shape index (κ1) is 23.3. The van der Waals surface area contributed by atoms with Gasteiger partial charge < -0.3 is 24.8 Å². The van der Waals surface area contributed by atoms with Gasteiger partial charge in [-0.05, 0) is 41.3 Å². The normalized spacial score (nSPS) is 12.6. The lowest BCUT2D eigenvalue weighted by atomic mass is 10.1. The minimum Gasteiger partial charge on any atom is -0.493 e. The van der Waals surface area contributed by atoms with Crippen LogP contribution < -0.4 is 20.1 Å². The number of aliphatic imine (C=N–C) groups is 1. The lowest BCUT2D eigenvalue weighted by Crippen LogP contribution is -2.37. The van der Waals surface area contributed by atoms with Gasteiger partial charge in [0, 0.05) is 33.7 Å². The van der Waals surface area contributed by atoms with E-state index in [4.69, 9.17) is 14.2 Å². The van der Waals surface area contributed by atoms with Crippen LogP contribution in [0.2, 0.25) is 0 Å². The van der Waals surface area contributed by atoms with Gasteiger partial charge in [-0.1, -0.05) is 24.3 Å². The van der Waals surface area contributed by atoms with Gasteiger partial charge in [-0.2, -0.15) is 0 Å². The van der Waals surface area contributed by atoms with E-state index in [1.54, 1.807) is 14.2 Å². The van der Waals surface area contributed by atoms with Gasteiger partial charge >= 0.3 is 0 Å². The maximum Gasteiger partial charge on any atom is 0.191 e. The Labute approximate surface area is 190 Å². The van der Waals surface area contributed by atoms with E-state index in [9.17, 15) is 0 Å². The van der Waals surface area contributed by atoms with Crippen LogP contribution >= 0.6 is 24.0 Å². The molecule has 0 aliphatic carbocycles. The van der Waals surface area contributed by atoms with E-state index in [-0.39, 0.29) is 24.0 Å². The lowest BCUT2D eigenvalue weighted by molar-refractivity contribution is 0.146. The Morgan fingerprint density at radius 3 is 2.83 bits per heavy atom. The summed E-state index contributed by atoms with van der Waals surface area (Å²) in [5, 5.41) is 6.72. The minimum absolute atomic E-state index is 0. The number of methoxy groups -OCH3 is 1. The number of hydrogen-bond donors (Lipinski definition) is 2. The average Bonchev–Trinajstić information content (AvgIpc) is 3.19. The van der Waals surface area contributed by atoms with Crippen molar-refractivity contribution in [1.29, 1.82) is 0 Å². The number of guanidine groups is 1. The summed E-state index contributed by atoms with van der Waals surface area (Å²) in [6.07, 6.45) is 1.95. The van der Waals surface area contributed by atoms with E-state index in [1.807, 2.05) is 18.2 Å². The van der Waals surface area contributed by atoms with Gasteiger partial charge in [-0.15, -0.1) is 24.0 Å². The van der Waals surface area contributed by atoms with Gasteiger partial charge in [0.2, 0.25) is 0 Å². The maximum absolute atomic E-state index is 5.66. The summed E-state index contributed by atoms with van der Waals surface area (Å²) in [6.45, 7) is 3.42. The topological polar surface area (TPSA) is 64.1 Å². The van der Waals surface area contributed by atoms with Crippen LogP contribution in [0.3, 0.4) is 0 Å². The molecule has 3 rings (SSSR count). The molecule has 1 heterocycles. The molecule has 2 aromatic rings. The molecule has 0 saturated heterocycles. The number of hydrogen-bond acceptors (Lipinski definition) is 4. The Kier molecular flexibility index (Phi) is 10.1. The largest absolute Gasteiger partial charge is 0.493 e.